The number of likely N-dealkylation sites (tertiary alicyclic amines) is 1. The van der Waals surface area contributed by atoms with Crippen LogP contribution >= 0.6 is 11.3 Å². The summed E-state index contributed by atoms with van der Waals surface area (Å²) in [4.78, 5) is 15.9. The van der Waals surface area contributed by atoms with E-state index in [1.165, 1.54) is 0 Å². The molecule has 0 N–H and O–H groups in total. The molecule has 0 amide bonds. The van der Waals surface area contributed by atoms with Gasteiger partial charge in [0.1, 0.15) is 6.61 Å². The van der Waals surface area contributed by atoms with Gasteiger partial charge in [-0.2, -0.15) is 4.98 Å². The Balaban J connectivity index is 1.32. The molecule has 0 aliphatic carbocycles. The molecule has 3 aromatic rings. The number of fused-ring (bicyclic) bond motifs is 1. The SMILES string of the molecule is Cc1nc(CO[C@H]2CCN(Cc3ccc4sc(C)nc4n3)[C@@H](C)C2)no1. The minimum atomic E-state index is 0.233. The summed E-state index contributed by atoms with van der Waals surface area (Å²) in [5.74, 6) is 1.19. The summed E-state index contributed by atoms with van der Waals surface area (Å²) in [7, 11) is 0. The van der Waals surface area contributed by atoms with Crippen LogP contribution in [-0.2, 0) is 17.9 Å². The molecule has 1 aliphatic heterocycles. The number of hydrogen-bond donors (Lipinski definition) is 0. The predicted octanol–water partition coefficient (Wildman–Crippen LogP) is 3.26. The van der Waals surface area contributed by atoms with Gasteiger partial charge in [0.05, 0.1) is 21.5 Å². The van der Waals surface area contributed by atoms with Gasteiger partial charge in [-0.1, -0.05) is 5.16 Å². The largest absolute Gasteiger partial charge is 0.370 e. The molecule has 1 saturated heterocycles. The minimum absolute atomic E-state index is 0.233. The van der Waals surface area contributed by atoms with Crippen molar-refractivity contribution in [2.75, 3.05) is 6.54 Å². The standard InChI is InChI=1S/C18H23N5O2S/c1-11-8-15(24-10-17-19-12(2)25-22-17)6-7-23(11)9-14-4-5-16-18(21-14)20-13(3)26-16/h4-5,11,15H,6-10H2,1-3H3/t11-,15-/m0/s1. The molecule has 7 nitrogen and oxygen atoms in total. The van der Waals surface area contributed by atoms with Crippen molar-refractivity contribution in [3.63, 3.8) is 0 Å². The molecule has 0 radical (unpaired) electrons. The zero-order valence-electron chi connectivity index (χ0n) is 15.3. The van der Waals surface area contributed by atoms with Gasteiger partial charge in [-0.15, -0.1) is 11.3 Å². The Hall–Kier alpha value is -1.90. The van der Waals surface area contributed by atoms with E-state index in [0.717, 1.165) is 47.0 Å². The van der Waals surface area contributed by atoms with Gasteiger partial charge in [-0.25, -0.2) is 9.97 Å². The number of hydrogen-bond acceptors (Lipinski definition) is 8. The Bertz CT molecular complexity index is 893. The highest BCUT2D eigenvalue weighted by atomic mass is 32.1. The summed E-state index contributed by atoms with van der Waals surface area (Å²) >= 11 is 1.69. The molecule has 4 rings (SSSR count). The number of thiazole rings is 1. The number of aromatic nitrogens is 4. The van der Waals surface area contributed by atoms with Crippen LogP contribution in [0.5, 0.6) is 0 Å². The summed E-state index contributed by atoms with van der Waals surface area (Å²) in [6.07, 6.45) is 2.23. The number of piperidine rings is 1. The van der Waals surface area contributed by atoms with Crippen molar-refractivity contribution in [3.05, 3.63) is 34.5 Å². The maximum atomic E-state index is 5.98. The average Bonchev–Trinajstić information content (AvgIpc) is 3.19. The maximum absolute atomic E-state index is 5.98. The van der Waals surface area contributed by atoms with Crippen LogP contribution in [0.1, 0.15) is 42.2 Å². The third-order valence-corrected chi connectivity index (χ3v) is 5.69. The van der Waals surface area contributed by atoms with Crippen LogP contribution in [-0.4, -0.2) is 43.7 Å². The number of nitrogens with zero attached hydrogens (tertiary/aromatic N) is 5. The molecular weight excluding hydrogens is 350 g/mol. The van der Waals surface area contributed by atoms with E-state index in [-0.39, 0.29) is 6.10 Å². The molecule has 1 fully saturated rings. The summed E-state index contributed by atoms with van der Waals surface area (Å²) in [5.41, 5.74) is 1.95. The van der Waals surface area contributed by atoms with E-state index in [2.05, 4.69) is 39.1 Å². The topological polar surface area (TPSA) is 77.2 Å². The molecule has 2 atom stereocenters. The number of ether oxygens (including phenoxy) is 1. The van der Waals surface area contributed by atoms with Crippen LogP contribution < -0.4 is 0 Å². The lowest BCUT2D eigenvalue weighted by Gasteiger charge is -2.37. The summed E-state index contributed by atoms with van der Waals surface area (Å²) in [5, 5.41) is 4.94. The lowest BCUT2D eigenvalue weighted by atomic mass is 10.0. The van der Waals surface area contributed by atoms with Gasteiger partial charge >= 0.3 is 0 Å². The first-order chi connectivity index (χ1) is 12.6. The second-order valence-corrected chi connectivity index (χ2v) is 8.10. The number of aryl methyl sites for hydroxylation is 2. The van der Waals surface area contributed by atoms with Gasteiger partial charge in [0.25, 0.3) is 0 Å². The molecule has 1 aliphatic rings. The Morgan fingerprint density at radius 1 is 1.27 bits per heavy atom. The predicted molar refractivity (Wildman–Crippen MR) is 98.9 cm³/mol. The van der Waals surface area contributed by atoms with Crippen molar-refractivity contribution in [1.82, 2.24) is 25.0 Å². The van der Waals surface area contributed by atoms with Crippen molar-refractivity contribution >= 4 is 21.7 Å². The molecule has 0 spiro atoms. The van der Waals surface area contributed by atoms with Crippen LogP contribution in [0.4, 0.5) is 0 Å². The lowest BCUT2D eigenvalue weighted by Crippen LogP contribution is -2.43. The lowest BCUT2D eigenvalue weighted by molar-refractivity contribution is -0.0255. The normalized spacial score (nSPS) is 21.5. The fourth-order valence-corrected chi connectivity index (χ4v) is 4.19. The first-order valence-electron chi connectivity index (χ1n) is 8.95. The van der Waals surface area contributed by atoms with E-state index < -0.39 is 0 Å². The van der Waals surface area contributed by atoms with Crippen LogP contribution in [0.3, 0.4) is 0 Å². The van der Waals surface area contributed by atoms with Crippen LogP contribution in [0.15, 0.2) is 16.7 Å². The van der Waals surface area contributed by atoms with Crippen LogP contribution in [0.2, 0.25) is 0 Å². The molecule has 3 aromatic heterocycles. The molecule has 0 aromatic carbocycles. The number of pyridine rings is 1. The van der Waals surface area contributed by atoms with Crippen molar-refractivity contribution in [3.8, 4) is 0 Å². The van der Waals surface area contributed by atoms with Gasteiger partial charge in [-0.05, 0) is 38.8 Å². The first kappa shape index (κ1) is 17.5. The van der Waals surface area contributed by atoms with E-state index in [4.69, 9.17) is 14.2 Å². The number of rotatable bonds is 5. The highest BCUT2D eigenvalue weighted by Crippen LogP contribution is 2.24. The average molecular weight is 373 g/mol. The van der Waals surface area contributed by atoms with E-state index in [1.54, 1.807) is 18.3 Å². The van der Waals surface area contributed by atoms with Crippen molar-refractivity contribution in [2.45, 2.75) is 58.9 Å². The summed E-state index contributed by atoms with van der Waals surface area (Å²) in [6.45, 7) is 8.32. The minimum Gasteiger partial charge on any atom is -0.370 e. The van der Waals surface area contributed by atoms with Crippen molar-refractivity contribution in [2.24, 2.45) is 0 Å². The van der Waals surface area contributed by atoms with Crippen molar-refractivity contribution in [1.29, 1.82) is 0 Å². The van der Waals surface area contributed by atoms with E-state index in [1.807, 2.05) is 6.92 Å². The van der Waals surface area contributed by atoms with Gasteiger partial charge in [0, 0.05) is 26.1 Å². The van der Waals surface area contributed by atoms with Gasteiger partial charge < -0.3 is 9.26 Å². The first-order valence-corrected chi connectivity index (χ1v) is 9.76. The van der Waals surface area contributed by atoms with Crippen molar-refractivity contribution < 1.29 is 9.26 Å². The Morgan fingerprint density at radius 3 is 2.92 bits per heavy atom. The molecule has 0 bridgehead atoms. The summed E-state index contributed by atoms with van der Waals surface area (Å²) in [6, 6.07) is 4.69. The molecule has 0 unspecified atom stereocenters. The van der Waals surface area contributed by atoms with Gasteiger partial charge in [0.15, 0.2) is 11.5 Å². The molecular formula is C18H23N5O2S. The summed E-state index contributed by atoms with van der Waals surface area (Å²) < 4.78 is 12.1. The second-order valence-electron chi connectivity index (χ2n) is 6.86. The zero-order chi connectivity index (χ0) is 18.1. The van der Waals surface area contributed by atoms with Crippen LogP contribution in [0, 0.1) is 13.8 Å². The van der Waals surface area contributed by atoms with E-state index >= 15 is 0 Å². The maximum Gasteiger partial charge on any atom is 0.223 e. The van der Waals surface area contributed by atoms with Crippen LogP contribution in [0.25, 0.3) is 10.3 Å². The monoisotopic (exact) mass is 373 g/mol. The quantitative estimate of drug-likeness (QED) is 0.679. The highest BCUT2D eigenvalue weighted by molar-refractivity contribution is 7.18. The zero-order valence-corrected chi connectivity index (χ0v) is 16.1. The van der Waals surface area contributed by atoms with Gasteiger partial charge in [0.2, 0.25) is 5.89 Å². The fourth-order valence-electron chi connectivity index (χ4n) is 3.42. The third kappa shape index (κ3) is 3.92. The third-order valence-electron chi connectivity index (χ3n) is 4.77. The Kier molecular flexibility index (Phi) is 4.97. The highest BCUT2D eigenvalue weighted by Gasteiger charge is 2.26. The molecule has 0 saturated carbocycles. The Morgan fingerprint density at radius 2 is 2.15 bits per heavy atom. The van der Waals surface area contributed by atoms with Gasteiger partial charge in [-0.3, -0.25) is 4.90 Å². The molecule has 26 heavy (non-hydrogen) atoms. The molecule has 138 valence electrons. The molecule has 4 heterocycles. The molecule has 8 heteroatoms. The van der Waals surface area contributed by atoms with E-state index in [0.29, 0.717) is 24.4 Å². The fraction of sp³-hybridized carbons (Fsp3) is 0.556. The van der Waals surface area contributed by atoms with E-state index in [9.17, 15) is 0 Å². The second kappa shape index (κ2) is 7.38. The smallest absolute Gasteiger partial charge is 0.223 e. The Labute approximate surface area is 156 Å².